The average molecular weight is 297 g/mol. The number of carbonyl (C=O) groups is 2. The molecule has 1 rings (SSSR count). The molecule has 2 unspecified atom stereocenters. The number of carboxylic acids is 1. The smallest absolute Gasteiger partial charge is 0.326 e. The number of rotatable bonds is 9. The number of allylic oxidation sites excluding steroid dienone is 1. The van der Waals surface area contributed by atoms with Crippen LogP contribution in [0.1, 0.15) is 58.3 Å². The maximum absolute atomic E-state index is 12.2. The number of nitrogens with one attached hydrogen (secondary N) is 1. The van der Waals surface area contributed by atoms with E-state index in [1.54, 1.807) is 6.08 Å². The van der Waals surface area contributed by atoms with Crippen LogP contribution >= 0.6 is 0 Å². The molecule has 0 radical (unpaired) electrons. The summed E-state index contributed by atoms with van der Waals surface area (Å²) in [5, 5.41) is 11.7. The monoisotopic (exact) mass is 297 g/mol. The SMILES string of the molecule is C=CCCC(NC(=O)C(CC)OC1CCCCC1)C(=O)O. The third-order valence-corrected chi connectivity index (χ3v) is 3.85. The van der Waals surface area contributed by atoms with Crippen molar-refractivity contribution in [2.75, 3.05) is 0 Å². The summed E-state index contributed by atoms with van der Waals surface area (Å²) in [6.45, 7) is 5.45. The van der Waals surface area contributed by atoms with Gasteiger partial charge < -0.3 is 15.2 Å². The molecule has 0 saturated heterocycles. The van der Waals surface area contributed by atoms with Gasteiger partial charge in [-0.3, -0.25) is 4.79 Å². The molecule has 0 heterocycles. The standard InChI is InChI=1S/C16H27NO4/c1-3-5-11-13(16(19)20)17-15(18)14(4-2)21-12-9-7-6-8-10-12/h3,12-14H,1,4-11H2,2H3,(H,17,18)(H,19,20). The Morgan fingerprint density at radius 1 is 1.38 bits per heavy atom. The first kappa shape index (κ1) is 17.7. The van der Waals surface area contributed by atoms with Crippen molar-refractivity contribution in [1.82, 2.24) is 5.32 Å². The quantitative estimate of drug-likeness (QED) is 0.642. The first-order valence-electron chi connectivity index (χ1n) is 7.88. The Hall–Kier alpha value is -1.36. The zero-order valence-corrected chi connectivity index (χ0v) is 12.8. The minimum absolute atomic E-state index is 0.130. The van der Waals surface area contributed by atoms with Crippen molar-refractivity contribution >= 4 is 11.9 Å². The Kier molecular flexibility index (Phi) is 8.05. The Morgan fingerprint density at radius 3 is 2.57 bits per heavy atom. The molecule has 0 bridgehead atoms. The van der Waals surface area contributed by atoms with Gasteiger partial charge in [0, 0.05) is 0 Å². The molecule has 0 aromatic carbocycles. The number of amides is 1. The minimum atomic E-state index is -1.02. The van der Waals surface area contributed by atoms with Gasteiger partial charge in [-0.15, -0.1) is 6.58 Å². The summed E-state index contributed by atoms with van der Waals surface area (Å²) in [6.07, 6.45) is 8.16. The molecule has 1 aliphatic carbocycles. The first-order valence-corrected chi connectivity index (χ1v) is 7.88. The molecule has 2 N–H and O–H groups in total. The lowest BCUT2D eigenvalue weighted by molar-refractivity contribution is -0.146. The molecule has 0 aliphatic heterocycles. The molecule has 1 saturated carbocycles. The molecule has 0 aromatic rings. The van der Waals surface area contributed by atoms with Gasteiger partial charge in [-0.05, 0) is 32.1 Å². The molecule has 120 valence electrons. The fourth-order valence-electron chi connectivity index (χ4n) is 2.58. The van der Waals surface area contributed by atoms with Crippen molar-refractivity contribution in [1.29, 1.82) is 0 Å². The largest absolute Gasteiger partial charge is 0.480 e. The van der Waals surface area contributed by atoms with Crippen LogP contribution in [0.3, 0.4) is 0 Å². The van der Waals surface area contributed by atoms with Crippen molar-refractivity contribution in [2.24, 2.45) is 0 Å². The molecule has 1 fully saturated rings. The molecule has 21 heavy (non-hydrogen) atoms. The van der Waals surface area contributed by atoms with Crippen LogP contribution < -0.4 is 5.32 Å². The van der Waals surface area contributed by atoms with Gasteiger partial charge in [-0.2, -0.15) is 0 Å². The summed E-state index contributed by atoms with van der Waals surface area (Å²) in [6, 6.07) is -0.875. The number of ether oxygens (including phenoxy) is 1. The summed E-state index contributed by atoms with van der Waals surface area (Å²) in [5.74, 6) is -1.34. The van der Waals surface area contributed by atoms with Crippen molar-refractivity contribution in [2.45, 2.75) is 76.5 Å². The van der Waals surface area contributed by atoms with Gasteiger partial charge in [0.05, 0.1) is 6.10 Å². The maximum Gasteiger partial charge on any atom is 0.326 e. The summed E-state index contributed by atoms with van der Waals surface area (Å²) in [7, 11) is 0. The Labute approximate surface area is 126 Å². The second-order valence-corrected chi connectivity index (χ2v) is 5.56. The van der Waals surface area contributed by atoms with E-state index < -0.39 is 18.1 Å². The molecule has 1 aliphatic rings. The number of carboxylic acid groups (broad SMARTS) is 1. The van der Waals surface area contributed by atoms with E-state index in [0.717, 1.165) is 25.7 Å². The number of carbonyl (C=O) groups excluding carboxylic acids is 1. The van der Waals surface area contributed by atoms with Gasteiger partial charge in [0.1, 0.15) is 12.1 Å². The van der Waals surface area contributed by atoms with Crippen molar-refractivity contribution < 1.29 is 19.4 Å². The van der Waals surface area contributed by atoms with Gasteiger partial charge >= 0.3 is 5.97 Å². The zero-order chi connectivity index (χ0) is 15.7. The van der Waals surface area contributed by atoms with Gasteiger partial charge in [0.2, 0.25) is 5.91 Å². The second kappa shape index (κ2) is 9.55. The van der Waals surface area contributed by atoms with Crippen molar-refractivity contribution in [3.8, 4) is 0 Å². The highest BCUT2D eigenvalue weighted by Gasteiger charge is 2.27. The minimum Gasteiger partial charge on any atom is -0.480 e. The molecular weight excluding hydrogens is 270 g/mol. The van der Waals surface area contributed by atoms with Crippen LogP contribution in [0.15, 0.2) is 12.7 Å². The third-order valence-electron chi connectivity index (χ3n) is 3.85. The normalized spacial score (nSPS) is 18.7. The van der Waals surface area contributed by atoms with Gasteiger partial charge in [-0.1, -0.05) is 32.3 Å². The second-order valence-electron chi connectivity index (χ2n) is 5.56. The van der Waals surface area contributed by atoms with Crippen molar-refractivity contribution in [3.05, 3.63) is 12.7 Å². The summed E-state index contributed by atoms with van der Waals surface area (Å²) in [5.41, 5.74) is 0. The summed E-state index contributed by atoms with van der Waals surface area (Å²) >= 11 is 0. The van der Waals surface area contributed by atoms with E-state index in [-0.39, 0.29) is 12.0 Å². The lowest BCUT2D eigenvalue weighted by Crippen LogP contribution is -2.47. The topological polar surface area (TPSA) is 75.6 Å². The maximum atomic E-state index is 12.2. The zero-order valence-electron chi connectivity index (χ0n) is 12.8. The third kappa shape index (κ3) is 6.29. The van der Waals surface area contributed by atoms with E-state index in [2.05, 4.69) is 11.9 Å². The van der Waals surface area contributed by atoms with E-state index in [9.17, 15) is 9.59 Å². The molecule has 5 nitrogen and oxygen atoms in total. The van der Waals surface area contributed by atoms with Crippen LogP contribution in [0.4, 0.5) is 0 Å². The number of hydrogen-bond donors (Lipinski definition) is 2. The number of aliphatic carboxylic acids is 1. The van der Waals surface area contributed by atoms with Crippen LogP contribution in [0.25, 0.3) is 0 Å². The Balaban J connectivity index is 2.51. The predicted octanol–water partition coefficient (Wildman–Crippen LogP) is 2.65. The average Bonchev–Trinajstić information content (AvgIpc) is 2.49. The van der Waals surface area contributed by atoms with Gasteiger partial charge in [0.25, 0.3) is 0 Å². The van der Waals surface area contributed by atoms with E-state index in [4.69, 9.17) is 9.84 Å². The molecule has 2 atom stereocenters. The molecule has 5 heteroatoms. The van der Waals surface area contributed by atoms with Crippen molar-refractivity contribution in [3.63, 3.8) is 0 Å². The molecule has 0 spiro atoms. The van der Waals surface area contributed by atoms with Crippen LogP contribution in [-0.2, 0) is 14.3 Å². The van der Waals surface area contributed by atoms with Gasteiger partial charge in [0.15, 0.2) is 0 Å². The van der Waals surface area contributed by atoms with Crippen LogP contribution in [0, 0.1) is 0 Å². The van der Waals surface area contributed by atoms with Gasteiger partial charge in [-0.25, -0.2) is 4.79 Å². The highest BCUT2D eigenvalue weighted by molar-refractivity contribution is 5.86. The lowest BCUT2D eigenvalue weighted by Gasteiger charge is -2.27. The van der Waals surface area contributed by atoms with E-state index >= 15 is 0 Å². The molecular formula is C16H27NO4. The van der Waals surface area contributed by atoms with Crippen LogP contribution in [0.5, 0.6) is 0 Å². The Bertz CT molecular complexity index is 350. The summed E-state index contributed by atoms with van der Waals surface area (Å²) in [4.78, 5) is 23.4. The van der Waals surface area contributed by atoms with E-state index in [0.29, 0.717) is 19.3 Å². The lowest BCUT2D eigenvalue weighted by atomic mass is 9.97. The highest BCUT2D eigenvalue weighted by Crippen LogP contribution is 2.22. The number of hydrogen-bond acceptors (Lipinski definition) is 3. The van der Waals surface area contributed by atoms with Crippen LogP contribution in [-0.4, -0.2) is 35.2 Å². The highest BCUT2D eigenvalue weighted by atomic mass is 16.5. The summed E-state index contributed by atoms with van der Waals surface area (Å²) < 4.78 is 5.86. The van der Waals surface area contributed by atoms with E-state index in [1.165, 1.54) is 6.42 Å². The molecule has 1 amide bonds. The fourth-order valence-corrected chi connectivity index (χ4v) is 2.58. The Morgan fingerprint density at radius 2 is 2.05 bits per heavy atom. The molecule has 0 aromatic heterocycles. The first-order chi connectivity index (χ1) is 10.1. The van der Waals surface area contributed by atoms with E-state index in [1.807, 2.05) is 6.92 Å². The predicted molar refractivity (Wildman–Crippen MR) is 81.0 cm³/mol. The van der Waals surface area contributed by atoms with Crippen LogP contribution in [0.2, 0.25) is 0 Å². The fraction of sp³-hybridized carbons (Fsp3) is 0.750.